The molecule has 0 amide bonds. The van der Waals surface area contributed by atoms with E-state index in [9.17, 15) is 0 Å². The molecule has 1 aliphatic rings. The Bertz CT molecular complexity index is 2710. The maximum atomic E-state index is 5.12. The van der Waals surface area contributed by atoms with E-state index < -0.39 is 0 Å². The quantitative estimate of drug-likeness (QED) is 0.185. The van der Waals surface area contributed by atoms with E-state index in [1.807, 2.05) is 18.2 Å². The van der Waals surface area contributed by atoms with E-state index in [-0.39, 0.29) is 0 Å². The molecule has 2 heterocycles. The summed E-state index contributed by atoms with van der Waals surface area (Å²) in [5, 5.41) is 7.62. The van der Waals surface area contributed by atoms with E-state index in [1.165, 1.54) is 48.9 Å². The topological polar surface area (TPSA) is 30.7 Å². The van der Waals surface area contributed by atoms with Gasteiger partial charge in [0.2, 0.25) is 0 Å². The molecule has 3 heteroatoms. The Hall–Kier alpha value is -6.58. The fourth-order valence-corrected chi connectivity index (χ4v) is 7.80. The molecule has 3 nitrogen and oxygen atoms in total. The molecule has 0 N–H and O–H groups in total. The highest BCUT2D eigenvalue weighted by Gasteiger charge is 2.18. The summed E-state index contributed by atoms with van der Waals surface area (Å²) in [5.74, 6) is 1.13. The van der Waals surface area contributed by atoms with E-state index in [4.69, 9.17) is 9.97 Å². The van der Waals surface area contributed by atoms with Gasteiger partial charge in [-0.15, -0.1) is 0 Å². The number of hydrogen-bond donors (Lipinski definition) is 0. The summed E-state index contributed by atoms with van der Waals surface area (Å²) in [6, 6.07) is 56.6. The first-order chi connectivity index (χ1) is 25.3. The molecule has 51 heavy (non-hydrogen) atoms. The molecule has 0 fully saturated rings. The van der Waals surface area contributed by atoms with Crippen LogP contribution in [0.4, 0.5) is 0 Å². The lowest BCUT2D eigenvalue weighted by Gasteiger charge is -2.14. The largest absolute Gasteiger partial charge is 0.309 e. The van der Waals surface area contributed by atoms with Gasteiger partial charge in [0, 0.05) is 39.1 Å². The molecule has 2 aromatic heterocycles. The Labute approximate surface area is 296 Å². The predicted octanol–water partition coefficient (Wildman–Crippen LogP) is 12.5. The lowest BCUT2D eigenvalue weighted by molar-refractivity contribution is 0.854. The minimum Gasteiger partial charge on any atom is -0.309 e. The maximum Gasteiger partial charge on any atom is 0.160 e. The fourth-order valence-electron chi connectivity index (χ4n) is 7.80. The van der Waals surface area contributed by atoms with Crippen LogP contribution in [0, 0.1) is 0 Å². The smallest absolute Gasteiger partial charge is 0.160 e. The summed E-state index contributed by atoms with van der Waals surface area (Å²) in [6.45, 7) is 0. The second-order valence-electron chi connectivity index (χ2n) is 13.3. The van der Waals surface area contributed by atoms with Crippen LogP contribution in [0.5, 0.6) is 0 Å². The number of fused-ring (bicyclic) bond motifs is 7. The Balaban J connectivity index is 1.11. The van der Waals surface area contributed by atoms with Crippen molar-refractivity contribution in [1.29, 1.82) is 0 Å². The average molecular weight is 652 g/mol. The molecule has 1 aliphatic carbocycles. The van der Waals surface area contributed by atoms with Crippen LogP contribution in [-0.4, -0.2) is 14.5 Å². The monoisotopic (exact) mass is 651 g/mol. The van der Waals surface area contributed by atoms with Crippen LogP contribution >= 0.6 is 0 Å². The molecule has 0 saturated heterocycles. The highest BCUT2D eigenvalue weighted by molar-refractivity contribution is 6.28. The summed E-state index contributed by atoms with van der Waals surface area (Å²) in [5.41, 5.74) is 9.77. The van der Waals surface area contributed by atoms with Crippen LogP contribution in [0.25, 0.3) is 82.9 Å². The predicted molar refractivity (Wildman–Crippen MR) is 213 cm³/mol. The minimum absolute atomic E-state index is 0.412. The van der Waals surface area contributed by atoms with Crippen molar-refractivity contribution in [2.24, 2.45) is 0 Å². The van der Waals surface area contributed by atoms with E-state index in [0.717, 1.165) is 46.0 Å². The van der Waals surface area contributed by atoms with Gasteiger partial charge in [-0.2, -0.15) is 0 Å². The van der Waals surface area contributed by atoms with Gasteiger partial charge in [0.25, 0.3) is 0 Å². The second kappa shape index (κ2) is 12.1. The van der Waals surface area contributed by atoms with Crippen LogP contribution in [-0.2, 0) is 0 Å². The first-order valence-electron chi connectivity index (χ1n) is 17.6. The van der Waals surface area contributed by atoms with Gasteiger partial charge >= 0.3 is 0 Å². The molecule has 0 saturated carbocycles. The standard InChI is InChI=1S/C48H33N3/c1-3-11-32(12-4-1)33-19-21-36(22-20-33)42-31-43(50-48(49-42)38-15-5-2-6-16-38)37-23-27-39(28-24-37)51-44-29-25-34-13-7-9-17-40(34)46(44)47-41-18-10-8-14-35(41)26-30-45(47)51/h1-11,13-32H,12H2. The Morgan fingerprint density at radius 3 is 1.65 bits per heavy atom. The van der Waals surface area contributed by atoms with Crippen molar-refractivity contribution in [3.63, 3.8) is 0 Å². The van der Waals surface area contributed by atoms with Crippen molar-refractivity contribution in [3.8, 4) is 39.6 Å². The molecule has 0 radical (unpaired) electrons. The highest BCUT2D eigenvalue weighted by Crippen LogP contribution is 2.41. The van der Waals surface area contributed by atoms with Crippen molar-refractivity contribution in [2.75, 3.05) is 0 Å². The van der Waals surface area contributed by atoms with E-state index >= 15 is 0 Å². The van der Waals surface area contributed by atoms with Crippen LogP contribution < -0.4 is 0 Å². The SMILES string of the molecule is C1=CCC(c2ccc(-c3cc(-c4ccc(-n5c6ccc7ccccc7c6c6c7ccccc7ccc65)cc4)nc(-c4ccccc4)n3)cc2)C=C1. The minimum atomic E-state index is 0.412. The van der Waals surface area contributed by atoms with Gasteiger partial charge in [-0.3, -0.25) is 0 Å². The molecule has 1 atom stereocenters. The summed E-state index contributed by atoms with van der Waals surface area (Å²) in [7, 11) is 0. The lowest BCUT2D eigenvalue weighted by Crippen LogP contribution is -1.98. The fraction of sp³-hybridized carbons (Fsp3) is 0.0417. The molecule has 0 spiro atoms. The zero-order chi connectivity index (χ0) is 33.7. The maximum absolute atomic E-state index is 5.12. The Morgan fingerprint density at radius 1 is 0.490 bits per heavy atom. The third kappa shape index (κ3) is 5.05. The van der Waals surface area contributed by atoms with Gasteiger partial charge in [0.05, 0.1) is 22.4 Å². The molecule has 9 aromatic rings. The third-order valence-corrected chi connectivity index (χ3v) is 10.3. The number of aromatic nitrogens is 3. The molecule has 10 rings (SSSR count). The summed E-state index contributed by atoms with van der Waals surface area (Å²) in [6.07, 6.45) is 9.80. The summed E-state index contributed by atoms with van der Waals surface area (Å²) >= 11 is 0. The molecular formula is C48H33N3. The van der Waals surface area contributed by atoms with Crippen LogP contribution in [0.15, 0.2) is 182 Å². The van der Waals surface area contributed by atoms with Crippen molar-refractivity contribution in [1.82, 2.24) is 14.5 Å². The van der Waals surface area contributed by atoms with Crippen molar-refractivity contribution in [3.05, 3.63) is 188 Å². The first kappa shape index (κ1) is 29.3. The Morgan fingerprint density at radius 2 is 1.06 bits per heavy atom. The first-order valence-corrected chi connectivity index (χ1v) is 17.6. The van der Waals surface area contributed by atoms with E-state index in [0.29, 0.717) is 5.92 Å². The van der Waals surface area contributed by atoms with Crippen molar-refractivity contribution >= 4 is 43.4 Å². The number of rotatable bonds is 5. The lowest BCUT2D eigenvalue weighted by atomic mass is 9.91. The van der Waals surface area contributed by atoms with Crippen molar-refractivity contribution in [2.45, 2.75) is 12.3 Å². The number of nitrogens with zero attached hydrogens (tertiary/aromatic N) is 3. The number of benzene rings is 7. The van der Waals surface area contributed by atoms with Crippen molar-refractivity contribution < 1.29 is 0 Å². The Kier molecular flexibility index (Phi) is 6.95. The van der Waals surface area contributed by atoms with Gasteiger partial charge in [0.15, 0.2) is 5.82 Å². The highest BCUT2D eigenvalue weighted by atomic mass is 15.0. The van der Waals surface area contributed by atoms with Crippen LogP contribution in [0.3, 0.4) is 0 Å². The van der Waals surface area contributed by atoms with Gasteiger partial charge in [-0.05, 0) is 63.9 Å². The molecule has 1 unspecified atom stereocenters. The third-order valence-electron chi connectivity index (χ3n) is 10.3. The van der Waals surface area contributed by atoms with Gasteiger partial charge in [-0.1, -0.05) is 152 Å². The zero-order valence-electron chi connectivity index (χ0n) is 27.9. The summed E-state index contributed by atoms with van der Waals surface area (Å²) < 4.78 is 2.41. The molecular weight excluding hydrogens is 619 g/mol. The van der Waals surface area contributed by atoms with E-state index in [2.05, 4.69) is 168 Å². The van der Waals surface area contributed by atoms with E-state index in [1.54, 1.807) is 0 Å². The average Bonchev–Trinajstić information content (AvgIpc) is 3.57. The molecule has 7 aromatic carbocycles. The normalized spacial score (nSPS) is 14.2. The summed E-state index contributed by atoms with van der Waals surface area (Å²) in [4.78, 5) is 10.2. The molecule has 0 aliphatic heterocycles. The molecule has 0 bridgehead atoms. The van der Waals surface area contributed by atoms with Crippen LogP contribution in [0.1, 0.15) is 17.9 Å². The van der Waals surface area contributed by atoms with Gasteiger partial charge < -0.3 is 4.57 Å². The zero-order valence-corrected chi connectivity index (χ0v) is 27.9. The number of allylic oxidation sites excluding steroid dienone is 4. The van der Waals surface area contributed by atoms with Gasteiger partial charge in [-0.25, -0.2) is 9.97 Å². The van der Waals surface area contributed by atoms with Gasteiger partial charge in [0.1, 0.15) is 0 Å². The van der Waals surface area contributed by atoms with Crippen LogP contribution in [0.2, 0.25) is 0 Å². The molecule has 240 valence electrons. The number of hydrogen-bond acceptors (Lipinski definition) is 2. The second-order valence-corrected chi connectivity index (χ2v) is 13.3.